The van der Waals surface area contributed by atoms with Crippen molar-refractivity contribution in [3.05, 3.63) is 59.2 Å². The summed E-state index contributed by atoms with van der Waals surface area (Å²) in [6, 6.07) is 12.5. The van der Waals surface area contributed by atoms with Crippen LogP contribution >= 0.6 is 0 Å². The predicted molar refractivity (Wildman–Crippen MR) is 105 cm³/mol. The molecule has 6 heteroatoms. The molecule has 3 rings (SSSR count). The number of likely N-dealkylation sites (tertiary alicyclic amines) is 1. The molecule has 0 unspecified atom stereocenters. The molecule has 1 atom stereocenters. The summed E-state index contributed by atoms with van der Waals surface area (Å²) >= 11 is 0. The molecule has 0 radical (unpaired) electrons. The molecule has 0 saturated carbocycles. The summed E-state index contributed by atoms with van der Waals surface area (Å²) in [5.41, 5.74) is 2.26. The molecule has 2 aromatic rings. The van der Waals surface area contributed by atoms with Crippen molar-refractivity contribution in [1.29, 1.82) is 0 Å². The number of carbonyl (C=O) groups excluding carboxylic acids is 1. The van der Waals surface area contributed by atoms with Crippen LogP contribution in [0.1, 0.15) is 46.8 Å². The fraction of sp³-hybridized carbons (Fsp3) is 0.364. The van der Waals surface area contributed by atoms with E-state index < -0.39 is 5.97 Å². The second kappa shape index (κ2) is 8.78. The molecule has 1 amide bonds. The van der Waals surface area contributed by atoms with Gasteiger partial charge in [0.25, 0.3) is 0 Å². The van der Waals surface area contributed by atoms with E-state index in [-0.39, 0.29) is 17.5 Å². The third-order valence-corrected chi connectivity index (χ3v) is 5.19. The molecular weight excluding hydrogens is 358 g/mol. The number of carboxylic acid groups (broad SMARTS) is 1. The Morgan fingerprint density at radius 1 is 1.07 bits per heavy atom. The van der Waals surface area contributed by atoms with E-state index in [2.05, 4.69) is 0 Å². The van der Waals surface area contributed by atoms with Gasteiger partial charge in [-0.2, -0.15) is 0 Å². The van der Waals surface area contributed by atoms with Gasteiger partial charge in [0, 0.05) is 13.0 Å². The number of hydrogen-bond donors (Lipinski definition) is 1. The molecule has 0 bridgehead atoms. The largest absolute Gasteiger partial charge is 0.493 e. The fourth-order valence-corrected chi connectivity index (χ4v) is 3.68. The maximum absolute atomic E-state index is 12.8. The van der Waals surface area contributed by atoms with Gasteiger partial charge >= 0.3 is 5.97 Å². The Labute approximate surface area is 164 Å². The second-order valence-electron chi connectivity index (χ2n) is 6.86. The Morgan fingerprint density at radius 2 is 1.79 bits per heavy atom. The number of hydrogen-bond acceptors (Lipinski definition) is 4. The number of methoxy groups -OCH3 is 2. The Kier molecular flexibility index (Phi) is 6.19. The van der Waals surface area contributed by atoms with Crippen LogP contribution in [0.25, 0.3) is 0 Å². The number of carboxylic acids is 1. The number of nitrogens with zero attached hydrogens (tertiary/aromatic N) is 1. The summed E-state index contributed by atoms with van der Waals surface area (Å²) < 4.78 is 10.7. The monoisotopic (exact) mass is 383 g/mol. The Hall–Kier alpha value is -3.02. The van der Waals surface area contributed by atoms with Crippen molar-refractivity contribution < 1.29 is 24.2 Å². The molecule has 28 heavy (non-hydrogen) atoms. The van der Waals surface area contributed by atoms with E-state index in [0.717, 1.165) is 30.5 Å². The van der Waals surface area contributed by atoms with E-state index >= 15 is 0 Å². The number of rotatable bonds is 7. The molecule has 6 nitrogen and oxygen atoms in total. The van der Waals surface area contributed by atoms with Gasteiger partial charge in [-0.3, -0.25) is 4.79 Å². The lowest BCUT2D eigenvalue weighted by atomic mass is 10.0. The minimum atomic E-state index is -0.947. The number of benzene rings is 2. The molecule has 1 fully saturated rings. The van der Waals surface area contributed by atoms with Crippen LogP contribution in [0.2, 0.25) is 0 Å². The average molecular weight is 383 g/mol. The molecule has 0 spiro atoms. The van der Waals surface area contributed by atoms with Crippen LogP contribution in [-0.2, 0) is 11.2 Å². The Bertz CT molecular complexity index is 847. The number of aromatic carboxylic acids is 1. The molecule has 0 aromatic heterocycles. The van der Waals surface area contributed by atoms with Crippen molar-refractivity contribution in [2.45, 2.75) is 31.7 Å². The van der Waals surface area contributed by atoms with E-state index in [0.29, 0.717) is 24.3 Å². The number of amides is 1. The highest BCUT2D eigenvalue weighted by molar-refractivity contribution is 5.87. The molecule has 1 heterocycles. The zero-order valence-electron chi connectivity index (χ0n) is 16.2. The zero-order valence-corrected chi connectivity index (χ0v) is 16.2. The number of aryl methyl sites for hydroxylation is 1. The predicted octanol–water partition coefficient (Wildman–Crippen LogP) is 3.70. The standard InChI is InChI=1S/C22H25NO5/c1-27-19-11-10-17(14-20(19)28-2)18-4-3-13-23(18)21(24)12-7-15-5-8-16(9-6-15)22(25)26/h5-6,8-11,14,18H,3-4,7,12-13H2,1-2H3,(H,25,26)/t18-/m1/s1. The van der Waals surface area contributed by atoms with E-state index in [9.17, 15) is 9.59 Å². The summed E-state index contributed by atoms with van der Waals surface area (Å²) in [4.78, 5) is 25.7. The molecule has 2 aromatic carbocycles. The van der Waals surface area contributed by atoms with Crippen LogP contribution < -0.4 is 9.47 Å². The minimum Gasteiger partial charge on any atom is -0.493 e. The SMILES string of the molecule is COc1ccc([C@H]2CCCN2C(=O)CCc2ccc(C(=O)O)cc2)cc1OC. The van der Waals surface area contributed by atoms with Gasteiger partial charge in [0.2, 0.25) is 5.91 Å². The van der Waals surface area contributed by atoms with Crippen LogP contribution in [0.5, 0.6) is 11.5 Å². The summed E-state index contributed by atoms with van der Waals surface area (Å²) in [6.45, 7) is 0.746. The summed E-state index contributed by atoms with van der Waals surface area (Å²) in [5.74, 6) is 0.502. The maximum atomic E-state index is 12.8. The van der Waals surface area contributed by atoms with E-state index in [1.165, 1.54) is 0 Å². The van der Waals surface area contributed by atoms with Crippen LogP contribution in [0.15, 0.2) is 42.5 Å². The number of carbonyl (C=O) groups is 2. The van der Waals surface area contributed by atoms with Crippen LogP contribution in [0.3, 0.4) is 0 Å². The third-order valence-electron chi connectivity index (χ3n) is 5.19. The van der Waals surface area contributed by atoms with Gasteiger partial charge in [-0.05, 0) is 54.7 Å². The highest BCUT2D eigenvalue weighted by Crippen LogP contribution is 2.37. The van der Waals surface area contributed by atoms with Gasteiger partial charge < -0.3 is 19.5 Å². The van der Waals surface area contributed by atoms with Gasteiger partial charge in [-0.15, -0.1) is 0 Å². The number of ether oxygens (including phenoxy) is 2. The molecule has 0 aliphatic carbocycles. The van der Waals surface area contributed by atoms with Crippen molar-refractivity contribution in [3.63, 3.8) is 0 Å². The normalized spacial score (nSPS) is 16.1. The van der Waals surface area contributed by atoms with Gasteiger partial charge in [-0.25, -0.2) is 4.79 Å². The molecular formula is C22H25NO5. The van der Waals surface area contributed by atoms with Crippen molar-refractivity contribution in [1.82, 2.24) is 4.90 Å². The van der Waals surface area contributed by atoms with Crippen molar-refractivity contribution >= 4 is 11.9 Å². The second-order valence-corrected chi connectivity index (χ2v) is 6.86. The minimum absolute atomic E-state index is 0.0432. The fourth-order valence-electron chi connectivity index (χ4n) is 3.68. The Balaban J connectivity index is 1.66. The highest BCUT2D eigenvalue weighted by atomic mass is 16.5. The summed E-state index contributed by atoms with van der Waals surface area (Å²) in [5, 5.41) is 8.97. The smallest absolute Gasteiger partial charge is 0.335 e. The van der Waals surface area contributed by atoms with Gasteiger partial charge in [0.1, 0.15) is 0 Å². The lowest BCUT2D eigenvalue weighted by Crippen LogP contribution is -2.30. The first kappa shape index (κ1) is 19.7. The zero-order chi connectivity index (χ0) is 20.1. The first-order valence-corrected chi connectivity index (χ1v) is 9.37. The maximum Gasteiger partial charge on any atom is 0.335 e. The molecule has 148 valence electrons. The van der Waals surface area contributed by atoms with Gasteiger partial charge in [-0.1, -0.05) is 18.2 Å². The topological polar surface area (TPSA) is 76.1 Å². The Morgan fingerprint density at radius 3 is 2.43 bits per heavy atom. The average Bonchev–Trinajstić information content (AvgIpc) is 3.21. The van der Waals surface area contributed by atoms with Crippen LogP contribution in [0, 0.1) is 0 Å². The van der Waals surface area contributed by atoms with Gasteiger partial charge in [0.05, 0.1) is 25.8 Å². The van der Waals surface area contributed by atoms with Crippen molar-refractivity contribution in [3.8, 4) is 11.5 Å². The lowest BCUT2D eigenvalue weighted by Gasteiger charge is -2.26. The van der Waals surface area contributed by atoms with E-state index in [4.69, 9.17) is 14.6 Å². The summed E-state index contributed by atoms with van der Waals surface area (Å²) in [7, 11) is 3.21. The van der Waals surface area contributed by atoms with Crippen molar-refractivity contribution in [2.24, 2.45) is 0 Å². The molecule has 1 saturated heterocycles. The third kappa shape index (κ3) is 4.27. The van der Waals surface area contributed by atoms with E-state index in [1.54, 1.807) is 38.5 Å². The molecule has 1 N–H and O–H groups in total. The van der Waals surface area contributed by atoms with Gasteiger partial charge in [0.15, 0.2) is 11.5 Å². The molecule has 1 aliphatic heterocycles. The lowest BCUT2D eigenvalue weighted by molar-refractivity contribution is -0.132. The van der Waals surface area contributed by atoms with Crippen LogP contribution in [-0.4, -0.2) is 42.6 Å². The van der Waals surface area contributed by atoms with E-state index in [1.807, 2.05) is 23.1 Å². The highest BCUT2D eigenvalue weighted by Gasteiger charge is 2.30. The van der Waals surface area contributed by atoms with Crippen molar-refractivity contribution in [2.75, 3.05) is 20.8 Å². The summed E-state index contributed by atoms with van der Waals surface area (Å²) in [6.07, 6.45) is 2.89. The quantitative estimate of drug-likeness (QED) is 0.789. The first-order chi connectivity index (χ1) is 13.5. The van der Waals surface area contributed by atoms with Crippen LogP contribution in [0.4, 0.5) is 0 Å². The molecule has 1 aliphatic rings. The first-order valence-electron chi connectivity index (χ1n) is 9.37.